The van der Waals surface area contributed by atoms with Gasteiger partial charge in [-0.05, 0) is 35.6 Å². The second-order valence-electron chi connectivity index (χ2n) is 7.15. The number of H-pyrrole nitrogens is 1. The van der Waals surface area contributed by atoms with Crippen LogP contribution in [-0.2, 0) is 4.79 Å². The van der Waals surface area contributed by atoms with Crippen molar-refractivity contribution >= 4 is 16.7 Å². The summed E-state index contributed by atoms with van der Waals surface area (Å²) >= 11 is 0. The molecule has 26 heavy (non-hydrogen) atoms. The van der Waals surface area contributed by atoms with Gasteiger partial charge in [0.1, 0.15) is 0 Å². The highest BCUT2D eigenvalue weighted by Crippen LogP contribution is 2.36. The van der Waals surface area contributed by atoms with Crippen LogP contribution in [0.1, 0.15) is 44.2 Å². The van der Waals surface area contributed by atoms with E-state index in [-0.39, 0.29) is 5.91 Å². The van der Waals surface area contributed by atoms with Gasteiger partial charge in [0.15, 0.2) is 0 Å². The fourth-order valence-corrected chi connectivity index (χ4v) is 4.09. The number of hydrogen-bond acceptors (Lipinski definition) is 2. The molecular weight excluding hydrogens is 322 g/mol. The Labute approximate surface area is 154 Å². The lowest BCUT2D eigenvalue weighted by atomic mass is 9.89. The van der Waals surface area contributed by atoms with Crippen LogP contribution in [0, 0.1) is 0 Å². The Hall–Kier alpha value is -2.62. The molecule has 1 aliphatic heterocycles. The van der Waals surface area contributed by atoms with Gasteiger partial charge in [-0.3, -0.25) is 9.89 Å². The number of piperidine rings is 1. The van der Waals surface area contributed by atoms with Crippen LogP contribution in [0.3, 0.4) is 0 Å². The number of benzene rings is 2. The van der Waals surface area contributed by atoms with Gasteiger partial charge in [-0.15, -0.1) is 0 Å². The number of hydrogen-bond donors (Lipinski definition) is 1. The zero-order valence-corrected chi connectivity index (χ0v) is 15.2. The predicted molar refractivity (Wildman–Crippen MR) is 105 cm³/mol. The first-order valence-electron chi connectivity index (χ1n) is 9.57. The van der Waals surface area contributed by atoms with Crippen molar-refractivity contribution in [3.63, 3.8) is 0 Å². The summed E-state index contributed by atoms with van der Waals surface area (Å²) in [4.78, 5) is 14.4. The number of carbonyl (C=O) groups is 1. The molecular formula is C22H25N3O. The molecule has 0 saturated carbocycles. The maximum atomic E-state index is 12.3. The molecule has 1 fully saturated rings. The number of aromatic amines is 1. The number of nitrogens with zero attached hydrogens (tertiary/aromatic N) is 2. The zero-order valence-electron chi connectivity index (χ0n) is 15.2. The first-order valence-corrected chi connectivity index (χ1v) is 9.57. The molecule has 2 aromatic carbocycles. The number of nitrogens with one attached hydrogen (secondary N) is 1. The second kappa shape index (κ2) is 7.32. The van der Waals surface area contributed by atoms with E-state index in [1.807, 2.05) is 11.1 Å². The minimum Gasteiger partial charge on any atom is -0.342 e. The minimum absolute atomic E-state index is 0.281. The highest BCUT2D eigenvalue weighted by Gasteiger charge is 2.27. The van der Waals surface area contributed by atoms with E-state index in [4.69, 9.17) is 0 Å². The van der Waals surface area contributed by atoms with Crippen LogP contribution in [0.15, 0.2) is 48.7 Å². The molecule has 0 bridgehead atoms. The van der Waals surface area contributed by atoms with Crippen molar-refractivity contribution in [2.45, 2.75) is 38.5 Å². The molecule has 1 amide bonds. The first kappa shape index (κ1) is 16.8. The molecule has 2 heterocycles. The summed E-state index contributed by atoms with van der Waals surface area (Å²) in [6, 6.07) is 14.9. The molecule has 1 aliphatic rings. The summed E-state index contributed by atoms with van der Waals surface area (Å²) in [5.41, 5.74) is 3.54. The van der Waals surface area contributed by atoms with E-state index in [9.17, 15) is 4.79 Å². The Morgan fingerprint density at radius 3 is 2.92 bits per heavy atom. The summed E-state index contributed by atoms with van der Waals surface area (Å²) < 4.78 is 0. The maximum absolute atomic E-state index is 12.3. The summed E-state index contributed by atoms with van der Waals surface area (Å²) in [5.74, 6) is 0.601. The van der Waals surface area contributed by atoms with Crippen LogP contribution in [-0.4, -0.2) is 34.1 Å². The molecule has 1 N–H and O–H groups in total. The highest BCUT2D eigenvalue weighted by molar-refractivity contribution is 5.97. The van der Waals surface area contributed by atoms with Gasteiger partial charge in [0.05, 0.1) is 6.20 Å². The highest BCUT2D eigenvalue weighted by atomic mass is 16.2. The first-order chi connectivity index (χ1) is 12.8. The van der Waals surface area contributed by atoms with Gasteiger partial charge >= 0.3 is 0 Å². The van der Waals surface area contributed by atoms with E-state index in [1.165, 1.54) is 16.3 Å². The Morgan fingerprint density at radius 1 is 1.19 bits per heavy atom. The lowest BCUT2D eigenvalue weighted by Crippen LogP contribution is -2.39. The lowest BCUT2D eigenvalue weighted by molar-refractivity contribution is -0.132. The zero-order chi connectivity index (χ0) is 17.9. The third kappa shape index (κ3) is 3.12. The topological polar surface area (TPSA) is 49.0 Å². The van der Waals surface area contributed by atoms with Crippen LogP contribution in [0.25, 0.3) is 21.9 Å². The summed E-state index contributed by atoms with van der Waals surface area (Å²) in [6.07, 6.45) is 5.63. The van der Waals surface area contributed by atoms with Gasteiger partial charge in [-0.25, -0.2) is 0 Å². The predicted octanol–water partition coefficient (Wildman–Crippen LogP) is 4.74. The number of likely N-dealkylation sites (tertiary alicyclic amines) is 1. The molecule has 1 aromatic heterocycles. The van der Waals surface area contributed by atoms with Gasteiger partial charge < -0.3 is 4.90 Å². The van der Waals surface area contributed by atoms with Gasteiger partial charge in [0.2, 0.25) is 5.91 Å². The monoisotopic (exact) mass is 347 g/mol. The number of amides is 1. The molecule has 4 heteroatoms. The average Bonchev–Trinajstić information content (AvgIpc) is 3.17. The van der Waals surface area contributed by atoms with Gasteiger partial charge in [-0.2, -0.15) is 5.10 Å². The Bertz CT molecular complexity index is 909. The van der Waals surface area contributed by atoms with Crippen LogP contribution in [0.4, 0.5) is 0 Å². The smallest absolute Gasteiger partial charge is 0.222 e. The van der Waals surface area contributed by atoms with Crippen LogP contribution >= 0.6 is 0 Å². The van der Waals surface area contributed by atoms with Gasteiger partial charge in [-0.1, -0.05) is 49.4 Å². The van der Waals surface area contributed by atoms with Gasteiger partial charge in [0.25, 0.3) is 0 Å². The van der Waals surface area contributed by atoms with Crippen LogP contribution in [0.2, 0.25) is 0 Å². The average molecular weight is 347 g/mol. The molecule has 3 aromatic rings. The standard InChI is InChI=1S/C22H25N3O/c1-2-7-21(26)25-13-6-10-17(15-25)22-20(14-23-24-22)19-12-5-9-16-8-3-4-11-18(16)19/h3-5,8-9,11-12,14,17H,2,6-7,10,13,15H2,1H3,(H,23,24)/t17-/m1/s1. The quantitative estimate of drug-likeness (QED) is 0.741. The molecule has 0 radical (unpaired) electrons. The molecule has 4 rings (SSSR count). The largest absolute Gasteiger partial charge is 0.342 e. The third-order valence-electron chi connectivity index (χ3n) is 5.39. The molecule has 134 valence electrons. The van der Waals surface area contributed by atoms with Crippen LogP contribution < -0.4 is 0 Å². The van der Waals surface area contributed by atoms with Gasteiger partial charge in [0, 0.05) is 36.7 Å². The summed E-state index contributed by atoms with van der Waals surface area (Å²) in [6.45, 7) is 3.73. The number of carbonyl (C=O) groups excluding carboxylic acids is 1. The van der Waals surface area contributed by atoms with Crippen molar-refractivity contribution < 1.29 is 4.79 Å². The van der Waals surface area contributed by atoms with Crippen LogP contribution in [0.5, 0.6) is 0 Å². The van der Waals surface area contributed by atoms with Crippen molar-refractivity contribution in [2.75, 3.05) is 13.1 Å². The molecule has 4 nitrogen and oxygen atoms in total. The van der Waals surface area contributed by atoms with E-state index in [2.05, 4.69) is 59.6 Å². The van der Waals surface area contributed by atoms with E-state index in [1.54, 1.807) is 0 Å². The normalized spacial score (nSPS) is 17.6. The molecule has 0 aliphatic carbocycles. The van der Waals surface area contributed by atoms with Crippen molar-refractivity contribution in [3.8, 4) is 11.1 Å². The molecule has 1 saturated heterocycles. The Morgan fingerprint density at radius 2 is 2.04 bits per heavy atom. The Balaban J connectivity index is 1.68. The summed E-state index contributed by atoms with van der Waals surface area (Å²) in [5, 5.41) is 10.1. The number of aromatic nitrogens is 2. The molecule has 1 atom stereocenters. The van der Waals surface area contributed by atoms with E-state index in [0.29, 0.717) is 12.3 Å². The van der Waals surface area contributed by atoms with Crippen molar-refractivity contribution in [3.05, 3.63) is 54.4 Å². The lowest BCUT2D eigenvalue weighted by Gasteiger charge is -2.33. The van der Waals surface area contributed by atoms with Crippen molar-refractivity contribution in [1.29, 1.82) is 0 Å². The molecule has 0 spiro atoms. The third-order valence-corrected chi connectivity index (χ3v) is 5.39. The van der Waals surface area contributed by atoms with E-state index >= 15 is 0 Å². The number of rotatable bonds is 4. The van der Waals surface area contributed by atoms with E-state index < -0.39 is 0 Å². The second-order valence-corrected chi connectivity index (χ2v) is 7.15. The fourth-order valence-electron chi connectivity index (χ4n) is 4.09. The fraction of sp³-hybridized carbons (Fsp3) is 0.364. The van der Waals surface area contributed by atoms with E-state index in [0.717, 1.165) is 43.6 Å². The minimum atomic E-state index is 0.281. The maximum Gasteiger partial charge on any atom is 0.222 e. The summed E-state index contributed by atoms with van der Waals surface area (Å²) in [7, 11) is 0. The Kier molecular flexibility index (Phi) is 4.74. The van der Waals surface area contributed by atoms with Crippen molar-refractivity contribution in [2.24, 2.45) is 0 Å². The van der Waals surface area contributed by atoms with Crippen molar-refractivity contribution in [1.82, 2.24) is 15.1 Å². The number of fused-ring (bicyclic) bond motifs is 1. The molecule has 0 unspecified atom stereocenters. The SMILES string of the molecule is CCCC(=O)N1CCC[C@@H](c2[nH]ncc2-c2cccc3ccccc23)C1.